The summed E-state index contributed by atoms with van der Waals surface area (Å²) in [4.78, 5) is 26.9. The molecule has 0 rings (SSSR count). The van der Waals surface area contributed by atoms with Crippen LogP contribution in [-0.4, -0.2) is 23.6 Å². The zero-order valence-electron chi connectivity index (χ0n) is 12.8. The van der Waals surface area contributed by atoms with E-state index >= 15 is 0 Å². The van der Waals surface area contributed by atoms with Gasteiger partial charge in [0, 0.05) is 12.8 Å². The van der Waals surface area contributed by atoms with Gasteiger partial charge in [-0.3, -0.25) is 14.4 Å². The molecule has 1 amide bonds. The van der Waals surface area contributed by atoms with Crippen LogP contribution in [0.15, 0.2) is 0 Å². The number of hydroxylamine groups is 1. The van der Waals surface area contributed by atoms with Crippen LogP contribution in [0.25, 0.3) is 0 Å². The third-order valence-corrected chi connectivity index (χ3v) is 3.15. The topological polar surface area (TPSA) is 75.6 Å². The van der Waals surface area contributed by atoms with Crippen molar-refractivity contribution in [3.63, 3.8) is 0 Å². The highest BCUT2D eigenvalue weighted by atomic mass is 16.6. The first-order valence-corrected chi connectivity index (χ1v) is 7.68. The lowest BCUT2D eigenvalue weighted by Crippen LogP contribution is -2.25. The highest BCUT2D eigenvalue weighted by Gasteiger charge is 2.05. The molecule has 0 heterocycles. The predicted octanol–water partition coefficient (Wildman–Crippen LogP) is 3.29. The number of aliphatic carboxylic acids is 1. The van der Waals surface area contributed by atoms with Gasteiger partial charge in [-0.15, -0.1) is 0 Å². The molecular formula is C15H29NO4. The first-order valence-electron chi connectivity index (χ1n) is 7.68. The van der Waals surface area contributed by atoms with Gasteiger partial charge in [0.05, 0.1) is 6.61 Å². The molecule has 0 aliphatic carbocycles. The molecule has 0 aromatic rings. The van der Waals surface area contributed by atoms with E-state index in [1.807, 2.05) is 0 Å². The van der Waals surface area contributed by atoms with Gasteiger partial charge in [0.25, 0.3) is 0 Å². The Morgan fingerprint density at radius 3 is 2.35 bits per heavy atom. The molecule has 118 valence electrons. The SMILES string of the molecule is CCCCC(C)CONC(=O)CCCCCCC(=O)O. The average molecular weight is 287 g/mol. The Kier molecular flexibility index (Phi) is 12.2. The summed E-state index contributed by atoms with van der Waals surface area (Å²) in [5.41, 5.74) is 2.47. The predicted molar refractivity (Wildman–Crippen MR) is 78.1 cm³/mol. The van der Waals surface area contributed by atoms with E-state index in [0.29, 0.717) is 25.4 Å². The molecule has 0 spiro atoms. The van der Waals surface area contributed by atoms with Gasteiger partial charge in [-0.2, -0.15) is 0 Å². The van der Waals surface area contributed by atoms with Crippen LogP contribution in [0, 0.1) is 5.92 Å². The molecule has 2 N–H and O–H groups in total. The van der Waals surface area contributed by atoms with Crippen molar-refractivity contribution < 1.29 is 19.5 Å². The third kappa shape index (κ3) is 13.3. The minimum absolute atomic E-state index is 0.0917. The number of carbonyl (C=O) groups is 2. The van der Waals surface area contributed by atoms with E-state index in [2.05, 4.69) is 19.3 Å². The molecule has 0 aliphatic heterocycles. The summed E-state index contributed by atoms with van der Waals surface area (Å²) >= 11 is 0. The number of nitrogens with one attached hydrogen (secondary N) is 1. The van der Waals surface area contributed by atoms with Crippen molar-refractivity contribution in [1.82, 2.24) is 5.48 Å². The number of amides is 1. The Bertz CT molecular complexity index is 269. The van der Waals surface area contributed by atoms with Gasteiger partial charge >= 0.3 is 5.97 Å². The van der Waals surface area contributed by atoms with E-state index in [4.69, 9.17) is 9.94 Å². The molecule has 0 bridgehead atoms. The normalized spacial score (nSPS) is 12.1. The third-order valence-electron chi connectivity index (χ3n) is 3.15. The second-order valence-corrected chi connectivity index (χ2v) is 5.39. The highest BCUT2D eigenvalue weighted by Crippen LogP contribution is 2.08. The lowest BCUT2D eigenvalue weighted by molar-refractivity contribution is -0.137. The number of unbranched alkanes of at least 4 members (excludes halogenated alkanes) is 4. The second kappa shape index (κ2) is 12.9. The Labute approximate surface area is 122 Å². The van der Waals surface area contributed by atoms with Gasteiger partial charge in [0.2, 0.25) is 5.91 Å². The first kappa shape index (κ1) is 18.9. The van der Waals surface area contributed by atoms with E-state index in [0.717, 1.165) is 25.7 Å². The van der Waals surface area contributed by atoms with Crippen LogP contribution in [0.5, 0.6) is 0 Å². The van der Waals surface area contributed by atoms with Gasteiger partial charge in [0.1, 0.15) is 0 Å². The standard InChI is InChI=1S/C15H29NO4/c1-3-4-9-13(2)12-20-16-14(17)10-7-5-6-8-11-15(18)19/h13H,3-12H2,1-2H3,(H,16,17)(H,18,19). The van der Waals surface area contributed by atoms with Crippen LogP contribution in [0.3, 0.4) is 0 Å². The summed E-state index contributed by atoms with van der Waals surface area (Å²) in [6, 6.07) is 0. The van der Waals surface area contributed by atoms with Crippen LogP contribution < -0.4 is 5.48 Å². The van der Waals surface area contributed by atoms with Crippen molar-refractivity contribution in [2.75, 3.05) is 6.61 Å². The molecule has 0 saturated carbocycles. The Hall–Kier alpha value is -1.10. The number of carboxylic acid groups (broad SMARTS) is 1. The lowest BCUT2D eigenvalue weighted by atomic mass is 10.1. The molecule has 0 saturated heterocycles. The van der Waals surface area contributed by atoms with E-state index < -0.39 is 5.97 Å². The zero-order valence-corrected chi connectivity index (χ0v) is 12.8. The minimum Gasteiger partial charge on any atom is -0.481 e. The van der Waals surface area contributed by atoms with E-state index in [-0.39, 0.29) is 12.3 Å². The molecule has 5 heteroatoms. The Morgan fingerprint density at radius 1 is 1.10 bits per heavy atom. The molecule has 1 unspecified atom stereocenters. The number of hydrogen-bond donors (Lipinski definition) is 2. The molecule has 0 aromatic heterocycles. The maximum atomic E-state index is 11.4. The minimum atomic E-state index is -0.756. The number of carbonyl (C=O) groups excluding carboxylic acids is 1. The van der Waals surface area contributed by atoms with E-state index in [1.54, 1.807) is 0 Å². The fourth-order valence-electron chi connectivity index (χ4n) is 1.87. The van der Waals surface area contributed by atoms with Crippen molar-refractivity contribution in [1.29, 1.82) is 0 Å². The summed E-state index contributed by atoms with van der Waals surface area (Å²) in [5.74, 6) is -0.384. The van der Waals surface area contributed by atoms with Gasteiger partial charge in [-0.25, -0.2) is 5.48 Å². The molecule has 0 fully saturated rings. The quantitative estimate of drug-likeness (QED) is 0.402. The molecule has 20 heavy (non-hydrogen) atoms. The summed E-state index contributed by atoms with van der Waals surface area (Å²) in [5, 5.41) is 8.47. The van der Waals surface area contributed by atoms with Gasteiger partial charge in [0.15, 0.2) is 0 Å². The highest BCUT2D eigenvalue weighted by molar-refractivity contribution is 5.74. The maximum Gasteiger partial charge on any atom is 0.303 e. The second-order valence-electron chi connectivity index (χ2n) is 5.39. The van der Waals surface area contributed by atoms with Crippen LogP contribution in [0.4, 0.5) is 0 Å². The van der Waals surface area contributed by atoms with Crippen LogP contribution in [0.1, 0.15) is 71.6 Å². The zero-order chi connectivity index (χ0) is 15.2. The summed E-state index contributed by atoms with van der Waals surface area (Å²) in [6.45, 7) is 4.83. The van der Waals surface area contributed by atoms with Gasteiger partial charge in [-0.05, 0) is 25.2 Å². The monoisotopic (exact) mass is 287 g/mol. The average Bonchev–Trinajstić information content (AvgIpc) is 2.40. The van der Waals surface area contributed by atoms with Gasteiger partial charge in [-0.1, -0.05) is 39.5 Å². The van der Waals surface area contributed by atoms with Crippen LogP contribution in [0.2, 0.25) is 0 Å². The fourth-order valence-corrected chi connectivity index (χ4v) is 1.87. The number of hydrogen-bond acceptors (Lipinski definition) is 3. The molecule has 0 aromatic carbocycles. The van der Waals surface area contributed by atoms with E-state index in [1.165, 1.54) is 12.8 Å². The number of rotatable bonds is 13. The summed E-state index contributed by atoms with van der Waals surface area (Å²) in [6.07, 6.45) is 7.34. The summed E-state index contributed by atoms with van der Waals surface area (Å²) < 4.78 is 0. The molecule has 5 nitrogen and oxygen atoms in total. The fraction of sp³-hybridized carbons (Fsp3) is 0.867. The van der Waals surface area contributed by atoms with Crippen molar-refractivity contribution in [2.45, 2.75) is 71.6 Å². The van der Waals surface area contributed by atoms with Crippen molar-refractivity contribution in [3.05, 3.63) is 0 Å². The van der Waals surface area contributed by atoms with Crippen LogP contribution in [-0.2, 0) is 14.4 Å². The Balaban J connectivity index is 3.34. The molecular weight excluding hydrogens is 258 g/mol. The maximum absolute atomic E-state index is 11.4. The molecule has 0 aliphatic rings. The van der Waals surface area contributed by atoms with Crippen molar-refractivity contribution in [2.24, 2.45) is 5.92 Å². The molecule has 1 atom stereocenters. The summed E-state index contributed by atoms with van der Waals surface area (Å²) in [7, 11) is 0. The molecule has 0 radical (unpaired) electrons. The lowest BCUT2D eigenvalue weighted by Gasteiger charge is -2.11. The van der Waals surface area contributed by atoms with E-state index in [9.17, 15) is 9.59 Å². The van der Waals surface area contributed by atoms with Crippen molar-refractivity contribution >= 4 is 11.9 Å². The van der Waals surface area contributed by atoms with Crippen LogP contribution >= 0.6 is 0 Å². The first-order chi connectivity index (χ1) is 9.56. The smallest absolute Gasteiger partial charge is 0.303 e. The Morgan fingerprint density at radius 2 is 1.75 bits per heavy atom. The van der Waals surface area contributed by atoms with Gasteiger partial charge < -0.3 is 5.11 Å². The largest absolute Gasteiger partial charge is 0.481 e. The van der Waals surface area contributed by atoms with Crippen molar-refractivity contribution in [3.8, 4) is 0 Å². The number of carboxylic acids is 1.